The number of nitrogens with one attached hydrogen (secondary N) is 1. The summed E-state index contributed by atoms with van der Waals surface area (Å²) in [4.78, 5) is 11.5. The summed E-state index contributed by atoms with van der Waals surface area (Å²) in [5, 5.41) is 2.69. The molecule has 15 heavy (non-hydrogen) atoms. The average Bonchev–Trinajstić information content (AvgIpc) is 2.16. The molecule has 1 rings (SSSR count). The van der Waals surface area contributed by atoms with E-state index in [2.05, 4.69) is 5.32 Å². The lowest BCUT2D eigenvalue weighted by atomic mass is 10.2. The topological polar surface area (TPSA) is 55.1 Å². The zero-order chi connectivity index (χ0) is 11.3. The Bertz CT molecular complexity index is 332. The van der Waals surface area contributed by atoms with Crippen LogP contribution in [0, 0.1) is 5.82 Å². The van der Waals surface area contributed by atoms with Crippen molar-refractivity contribution in [2.45, 2.75) is 19.8 Å². The number of halogens is 1. The maximum Gasteiger partial charge on any atom is 0.251 e. The van der Waals surface area contributed by atoms with Crippen molar-refractivity contribution in [3.63, 3.8) is 0 Å². The second-order valence-corrected chi connectivity index (χ2v) is 3.38. The molecule has 0 saturated heterocycles. The fraction of sp³-hybridized carbons (Fsp3) is 0.364. The van der Waals surface area contributed by atoms with E-state index < -0.39 is 5.82 Å². The molecule has 0 aliphatic carbocycles. The third-order valence-electron chi connectivity index (χ3n) is 2.00. The van der Waals surface area contributed by atoms with Gasteiger partial charge >= 0.3 is 0 Å². The highest BCUT2D eigenvalue weighted by Crippen LogP contribution is 2.10. The Hall–Kier alpha value is -1.58. The molecule has 3 nitrogen and oxygen atoms in total. The number of hydrogen-bond donors (Lipinski definition) is 2. The predicted molar refractivity (Wildman–Crippen MR) is 58.1 cm³/mol. The minimum Gasteiger partial charge on any atom is -0.399 e. The summed E-state index contributed by atoms with van der Waals surface area (Å²) in [7, 11) is 0. The van der Waals surface area contributed by atoms with Gasteiger partial charge < -0.3 is 11.1 Å². The number of carbonyl (C=O) groups excluding carboxylic acids is 1. The highest BCUT2D eigenvalue weighted by atomic mass is 19.1. The molecular weight excluding hydrogens is 195 g/mol. The largest absolute Gasteiger partial charge is 0.399 e. The minimum atomic E-state index is -0.490. The first-order valence-corrected chi connectivity index (χ1v) is 4.97. The number of unbranched alkanes of at least 4 members (excludes halogenated alkanes) is 1. The Morgan fingerprint density at radius 1 is 1.47 bits per heavy atom. The minimum absolute atomic E-state index is 0.260. The molecule has 0 fully saturated rings. The molecule has 4 heteroatoms. The van der Waals surface area contributed by atoms with Crippen LogP contribution in [-0.4, -0.2) is 12.5 Å². The van der Waals surface area contributed by atoms with Gasteiger partial charge in [0.05, 0.1) is 0 Å². The van der Waals surface area contributed by atoms with E-state index in [1.54, 1.807) is 0 Å². The number of carbonyl (C=O) groups is 1. The number of benzene rings is 1. The van der Waals surface area contributed by atoms with E-state index in [-0.39, 0.29) is 17.2 Å². The second kappa shape index (κ2) is 5.34. The van der Waals surface area contributed by atoms with Crippen LogP contribution in [0.15, 0.2) is 18.2 Å². The molecular formula is C11H15FN2O. The standard InChI is InChI=1S/C11H15FN2O/c1-2-3-4-14-11(15)8-5-9(12)7-10(13)6-8/h5-7H,2-4,13H2,1H3,(H,14,15). The van der Waals surface area contributed by atoms with Crippen molar-refractivity contribution in [3.8, 4) is 0 Å². The monoisotopic (exact) mass is 210 g/mol. The highest BCUT2D eigenvalue weighted by Gasteiger charge is 2.06. The molecule has 0 aromatic heterocycles. The second-order valence-electron chi connectivity index (χ2n) is 3.38. The van der Waals surface area contributed by atoms with Crippen LogP contribution in [0.4, 0.5) is 10.1 Å². The van der Waals surface area contributed by atoms with Crippen LogP contribution in [0.1, 0.15) is 30.1 Å². The van der Waals surface area contributed by atoms with Crippen LogP contribution in [0.2, 0.25) is 0 Å². The van der Waals surface area contributed by atoms with Crippen molar-refractivity contribution >= 4 is 11.6 Å². The van der Waals surface area contributed by atoms with Gasteiger partial charge in [-0.3, -0.25) is 4.79 Å². The normalized spacial score (nSPS) is 10.0. The number of anilines is 1. The van der Waals surface area contributed by atoms with E-state index in [1.807, 2.05) is 6.92 Å². The maximum absolute atomic E-state index is 12.9. The quantitative estimate of drug-likeness (QED) is 0.589. The van der Waals surface area contributed by atoms with Gasteiger partial charge in [-0.2, -0.15) is 0 Å². The van der Waals surface area contributed by atoms with Crippen molar-refractivity contribution in [2.24, 2.45) is 0 Å². The summed E-state index contributed by atoms with van der Waals surface area (Å²) in [6.07, 6.45) is 1.92. The molecule has 0 radical (unpaired) electrons. The van der Waals surface area contributed by atoms with Crippen LogP contribution in [0.5, 0.6) is 0 Å². The summed E-state index contributed by atoms with van der Waals surface area (Å²) >= 11 is 0. The summed E-state index contributed by atoms with van der Waals surface area (Å²) in [6, 6.07) is 3.82. The molecule has 0 spiro atoms. The van der Waals surface area contributed by atoms with E-state index in [0.717, 1.165) is 12.8 Å². The molecule has 0 atom stereocenters. The zero-order valence-electron chi connectivity index (χ0n) is 8.72. The van der Waals surface area contributed by atoms with Crippen molar-refractivity contribution in [1.82, 2.24) is 5.32 Å². The zero-order valence-corrected chi connectivity index (χ0v) is 8.72. The molecule has 82 valence electrons. The Labute approximate surface area is 88.5 Å². The van der Waals surface area contributed by atoms with E-state index >= 15 is 0 Å². The number of hydrogen-bond acceptors (Lipinski definition) is 2. The third-order valence-corrected chi connectivity index (χ3v) is 2.00. The first kappa shape index (κ1) is 11.5. The van der Waals surface area contributed by atoms with Gasteiger partial charge in [0.1, 0.15) is 5.82 Å². The van der Waals surface area contributed by atoms with Crippen LogP contribution in [-0.2, 0) is 0 Å². The van der Waals surface area contributed by atoms with Crippen LogP contribution in [0.25, 0.3) is 0 Å². The lowest BCUT2D eigenvalue weighted by Gasteiger charge is -2.05. The first-order chi connectivity index (χ1) is 7.13. The fourth-order valence-corrected chi connectivity index (χ4v) is 1.22. The maximum atomic E-state index is 12.9. The average molecular weight is 210 g/mol. The molecule has 0 aliphatic rings. The Morgan fingerprint density at radius 2 is 2.20 bits per heavy atom. The summed E-state index contributed by atoms with van der Waals surface area (Å²) in [5.41, 5.74) is 5.96. The molecule has 1 amide bonds. The fourth-order valence-electron chi connectivity index (χ4n) is 1.22. The van der Waals surface area contributed by atoms with Gasteiger partial charge in [0, 0.05) is 17.8 Å². The van der Waals surface area contributed by atoms with Gasteiger partial charge in [-0.1, -0.05) is 13.3 Å². The van der Waals surface area contributed by atoms with Gasteiger partial charge in [0.15, 0.2) is 0 Å². The van der Waals surface area contributed by atoms with E-state index in [0.29, 0.717) is 6.54 Å². The van der Waals surface area contributed by atoms with Crippen molar-refractivity contribution < 1.29 is 9.18 Å². The van der Waals surface area contributed by atoms with Crippen LogP contribution in [0.3, 0.4) is 0 Å². The Kier molecular flexibility index (Phi) is 4.09. The van der Waals surface area contributed by atoms with Crippen molar-refractivity contribution in [3.05, 3.63) is 29.6 Å². The lowest BCUT2D eigenvalue weighted by molar-refractivity contribution is 0.0952. The van der Waals surface area contributed by atoms with Gasteiger partial charge in [0.2, 0.25) is 0 Å². The smallest absolute Gasteiger partial charge is 0.251 e. The van der Waals surface area contributed by atoms with E-state index in [1.165, 1.54) is 18.2 Å². The molecule has 3 N–H and O–H groups in total. The molecule has 0 aliphatic heterocycles. The van der Waals surface area contributed by atoms with Crippen molar-refractivity contribution in [2.75, 3.05) is 12.3 Å². The van der Waals surface area contributed by atoms with E-state index in [9.17, 15) is 9.18 Å². The Balaban J connectivity index is 2.65. The van der Waals surface area contributed by atoms with Crippen LogP contribution < -0.4 is 11.1 Å². The predicted octanol–water partition coefficient (Wildman–Crippen LogP) is 1.94. The van der Waals surface area contributed by atoms with Gasteiger partial charge in [-0.15, -0.1) is 0 Å². The SMILES string of the molecule is CCCCNC(=O)c1cc(N)cc(F)c1. The molecule has 0 heterocycles. The molecule has 0 unspecified atom stereocenters. The molecule has 0 bridgehead atoms. The summed E-state index contributed by atoms with van der Waals surface area (Å²) < 4.78 is 12.9. The molecule has 1 aromatic rings. The number of nitrogens with two attached hydrogens (primary N) is 1. The molecule has 0 saturated carbocycles. The van der Waals surface area contributed by atoms with Gasteiger partial charge in [0.25, 0.3) is 5.91 Å². The Morgan fingerprint density at radius 3 is 2.80 bits per heavy atom. The molecule has 1 aromatic carbocycles. The van der Waals surface area contributed by atoms with Gasteiger partial charge in [-0.25, -0.2) is 4.39 Å². The van der Waals surface area contributed by atoms with Crippen LogP contribution >= 0.6 is 0 Å². The summed E-state index contributed by atoms with van der Waals surface area (Å²) in [6.45, 7) is 2.64. The van der Waals surface area contributed by atoms with Gasteiger partial charge in [-0.05, 0) is 24.6 Å². The number of amides is 1. The highest BCUT2D eigenvalue weighted by molar-refractivity contribution is 5.94. The number of nitrogen functional groups attached to an aromatic ring is 1. The van der Waals surface area contributed by atoms with E-state index in [4.69, 9.17) is 5.73 Å². The summed E-state index contributed by atoms with van der Waals surface area (Å²) in [5.74, 6) is -0.773. The lowest BCUT2D eigenvalue weighted by Crippen LogP contribution is -2.24. The first-order valence-electron chi connectivity index (χ1n) is 4.97. The third kappa shape index (κ3) is 3.58. The van der Waals surface area contributed by atoms with Crippen molar-refractivity contribution in [1.29, 1.82) is 0 Å². The number of rotatable bonds is 4.